The molecule has 4 rings (SSSR count). The summed E-state index contributed by atoms with van der Waals surface area (Å²) in [6.07, 6.45) is 2.49. The van der Waals surface area contributed by atoms with E-state index in [9.17, 15) is 4.79 Å². The van der Waals surface area contributed by atoms with E-state index < -0.39 is 0 Å². The van der Waals surface area contributed by atoms with Crippen molar-refractivity contribution in [3.8, 4) is 0 Å². The summed E-state index contributed by atoms with van der Waals surface area (Å²) in [5.74, 6) is 1.57. The highest BCUT2D eigenvalue weighted by Crippen LogP contribution is 2.43. The summed E-state index contributed by atoms with van der Waals surface area (Å²) in [7, 11) is 0. The number of rotatable bonds is 2. The van der Waals surface area contributed by atoms with Crippen molar-refractivity contribution in [2.24, 2.45) is 5.92 Å². The normalized spacial score (nSPS) is 32.8. The predicted octanol–water partition coefficient (Wildman–Crippen LogP) is 1.19. The van der Waals surface area contributed by atoms with Gasteiger partial charge in [0.15, 0.2) is 5.82 Å². The first-order valence-electron chi connectivity index (χ1n) is 7.90. The molecule has 3 atom stereocenters. The fraction of sp³-hybridized carbons (Fsp3) is 0.733. The quantitative estimate of drug-likeness (QED) is 0.889. The highest BCUT2D eigenvalue weighted by molar-refractivity contribution is 5.94. The van der Waals surface area contributed by atoms with Crippen molar-refractivity contribution < 1.29 is 9.53 Å². The molecule has 1 saturated carbocycles. The highest BCUT2D eigenvalue weighted by atomic mass is 16.5. The summed E-state index contributed by atoms with van der Waals surface area (Å²) in [5, 5.41) is 7.89. The van der Waals surface area contributed by atoms with Crippen molar-refractivity contribution in [1.82, 2.24) is 15.1 Å². The number of nitrogens with zero attached hydrogens (tertiary/aromatic N) is 3. The van der Waals surface area contributed by atoms with Gasteiger partial charge in [-0.2, -0.15) is 5.10 Å². The first kappa shape index (κ1) is 13.1. The molecule has 0 aromatic carbocycles. The van der Waals surface area contributed by atoms with Crippen LogP contribution in [0.1, 0.15) is 43.2 Å². The van der Waals surface area contributed by atoms with E-state index in [0.717, 1.165) is 25.6 Å². The summed E-state index contributed by atoms with van der Waals surface area (Å²) in [6.45, 7) is 6.50. The molecule has 0 unspecified atom stereocenters. The van der Waals surface area contributed by atoms with Crippen LogP contribution in [0.5, 0.6) is 0 Å². The number of morpholine rings is 1. The number of ether oxygens (including phenoxy) is 1. The number of anilines is 1. The van der Waals surface area contributed by atoms with E-state index in [1.54, 1.807) is 0 Å². The Hall–Kier alpha value is -1.56. The van der Waals surface area contributed by atoms with Crippen molar-refractivity contribution in [3.05, 3.63) is 11.8 Å². The Morgan fingerprint density at radius 3 is 2.90 bits per heavy atom. The van der Waals surface area contributed by atoms with Gasteiger partial charge in [0.1, 0.15) is 5.69 Å². The molecule has 1 aliphatic carbocycles. The molecule has 2 aliphatic heterocycles. The fourth-order valence-corrected chi connectivity index (χ4v) is 3.61. The predicted molar refractivity (Wildman–Crippen MR) is 78.5 cm³/mol. The van der Waals surface area contributed by atoms with Gasteiger partial charge in [-0.05, 0) is 32.6 Å². The number of hydrogen-bond donors (Lipinski definition) is 1. The van der Waals surface area contributed by atoms with Crippen LogP contribution >= 0.6 is 0 Å². The number of fused-ring (bicyclic) bond motifs is 1. The van der Waals surface area contributed by atoms with E-state index >= 15 is 0 Å². The van der Waals surface area contributed by atoms with Gasteiger partial charge in [-0.3, -0.25) is 9.48 Å². The van der Waals surface area contributed by atoms with Crippen LogP contribution in [0.3, 0.4) is 0 Å². The van der Waals surface area contributed by atoms with Gasteiger partial charge < -0.3 is 15.0 Å². The van der Waals surface area contributed by atoms with Gasteiger partial charge in [0.2, 0.25) is 0 Å². The topological polar surface area (TPSA) is 59.4 Å². The van der Waals surface area contributed by atoms with Crippen LogP contribution in [0.4, 0.5) is 5.82 Å². The Balaban J connectivity index is 1.71. The molecule has 3 aliphatic rings. The Bertz CT molecular complexity index is 566. The largest absolute Gasteiger partial charge is 0.377 e. The first-order valence-corrected chi connectivity index (χ1v) is 7.90. The van der Waals surface area contributed by atoms with Crippen LogP contribution in [-0.4, -0.2) is 47.5 Å². The first-order chi connectivity index (χ1) is 10.1. The number of nitrogens with one attached hydrogen (secondary N) is 1. The lowest BCUT2D eigenvalue weighted by Gasteiger charge is -2.33. The number of carbonyl (C=O) groups excluding carboxylic acids is 1. The monoisotopic (exact) mass is 290 g/mol. The summed E-state index contributed by atoms with van der Waals surface area (Å²) in [5.41, 5.74) is 0.707. The van der Waals surface area contributed by atoms with E-state index in [1.165, 1.54) is 12.8 Å². The van der Waals surface area contributed by atoms with Crippen molar-refractivity contribution in [1.29, 1.82) is 0 Å². The molecule has 1 amide bonds. The SMILES string of the molecule is C[C@@H]1COCCN1c1cc2n(n1)[C@@H](C1CC1)[C@@H](C)NC2=O. The van der Waals surface area contributed by atoms with Crippen LogP contribution in [0.2, 0.25) is 0 Å². The minimum atomic E-state index is -0.000868. The molecule has 0 bridgehead atoms. The minimum absolute atomic E-state index is 0.000868. The average molecular weight is 290 g/mol. The number of aromatic nitrogens is 2. The van der Waals surface area contributed by atoms with Crippen molar-refractivity contribution in [2.75, 3.05) is 24.7 Å². The average Bonchev–Trinajstić information content (AvgIpc) is 3.17. The zero-order chi connectivity index (χ0) is 14.6. The second kappa shape index (κ2) is 4.73. The molecule has 6 heteroatoms. The van der Waals surface area contributed by atoms with Crippen molar-refractivity contribution in [2.45, 2.75) is 44.8 Å². The lowest BCUT2D eigenvalue weighted by atomic mass is 10.0. The van der Waals surface area contributed by atoms with Gasteiger partial charge >= 0.3 is 0 Å². The zero-order valence-electron chi connectivity index (χ0n) is 12.6. The second-order valence-electron chi connectivity index (χ2n) is 6.54. The molecular weight excluding hydrogens is 268 g/mol. The third kappa shape index (κ3) is 2.12. The molecule has 1 aromatic rings. The number of amides is 1. The van der Waals surface area contributed by atoms with Gasteiger partial charge in [0, 0.05) is 18.7 Å². The molecule has 21 heavy (non-hydrogen) atoms. The highest BCUT2D eigenvalue weighted by Gasteiger charge is 2.42. The van der Waals surface area contributed by atoms with Crippen LogP contribution < -0.4 is 10.2 Å². The maximum Gasteiger partial charge on any atom is 0.269 e. The molecule has 6 nitrogen and oxygen atoms in total. The molecule has 1 N–H and O–H groups in total. The maximum atomic E-state index is 12.2. The van der Waals surface area contributed by atoms with E-state index in [-0.39, 0.29) is 11.9 Å². The van der Waals surface area contributed by atoms with Crippen molar-refractivity contribution in [3.63, 3.8) is 0 Å². The molecular formula is C15H22N4O2. The Labute approximate surface area is 124 Å². The van der Waals surface area contributed by atoms with Crippen LogP contribution in [0, 0.1) is 5.92 Å². The standard InChI is InChI=1S/C15H22N4O2/c1-9-8-21-6-5-18(9)13-7-12-15(20)16-10(2)14(11-3-4-11)19(12)17-13/h7,9-11,14H,3-6,8H2,1-2H3,(H,16,20)/t9-,10-,14-/m1/s1. The molecule has 1 saturated heterocycles. The molecule has 3 heterocycles. The zero-order valence-corrected chi connectivity index (χ0v) is 12.6. The Morgan fingerprint density at radius 2 is 2.19 bits per heavy atom. The van der Waals surface area contributed by atoms with E-state index in [2.05, 4.69) is 24.1 Å². The van der Waals surface area contributed by atoms with E-state index in [4.69, 9.17) is 9.84 Å². The van der Waals surface area contributed by atoms with Crippen LogP contribution in [0.25, 0.3) is 0 Å². The summed E-state index contributed by atoms with van der Waals surface area (Å²) in [6, 6.07) is 2.71. The van der Waals surface area contributed by atoms with Crippen LogP contribution in [-0.2, 0) is 4.74 Å². The third-order valence-electron chi connectivity index (χ3n) is 4.88. The van der Waals surface area contributed by atoms with Gasteiger partial charge in [-0.15, -0.1) is 0 Å². The molecule has 1 aromatic heterocycles. The van der Waals surface area contributed by atoms with Gasteiger partial charge in [0.25, 0.3) is 5.91 Å². The Kier molecular flexibility index (Phi) is 2.96. The van der Waals surface area contributed by atoms with E-state index in [0.29, 0.717) is 23.7 Å². The minimum Gasteiger partial charge on any atom is -0.377 e. The fourth-order valence-electron chi connectivity index (χ4n) is 3.61. The second-order valence-corrected chi connectivity index (χ2v) is 6.54. The van der Waals surface area contributed by atoms with Gasteiger partial charge in [-0.1, -0.05) is 0 Å². The molecule has 114 valence electrons. The summed E-state index contributed by atoms with van der Waals surface area (Å²) >= 11 is 0. The van der Waals surface area contributed by atoms with Gasteiger partial charge in [0.05, 0.1) is 25.3 Å². The van der Waals surface area contributed by atoms with Crippen molar-refractivity contribution >= 4 is 11.7 Å². The number of hydrogen-bond acceptors (Lipinski definition) is 4. The van der Waals surface area contributed by atoms with Gasteiger partial charge in [-0.25, -0.2) is 0 Å². The molecule has 0 spiro atoms. The summed E-state index contributed by atoms with van der Waals surface area (Å²) in [4.78, 5) is 14.5. The third-order valence-corrected chi connectivity index (χ3v) is 4.88. The molecule has 0 radical (unpaired) electrons. The smallest absolute Gasteiger partial charge is 0.269 e. The lowest BCUT2D eigenvalue weighted by molar-refractivity contribution is 0.0867. The summed E-state index contributed by atoms with van der Waals surface area (Å²) < 4.78 is 7.47. The van der Waals surface area contributed by atoms with E-state index in [1.807, 2.05) is 10.7 Å². The maximum absolute atomic E-state index is 12.2. The number of carbonyl (C=O) groups is 1. The van der Waals surface area contributed by atoms with Crippen LogP contribution in [0.15, 0.2) is 6.07 Å². The molecule has 2 fully saturated rings. The lowest BCUT2D eigenvalue weighted by Crippen LogP contribution is -2.47. The Morgan fingerprint density at radius 1 is 1.38 bits per heavy atom.